The Kier molecular flexibility index (Phi) is 5.18. The first kappa shape index (κ1) is 16.5. The second-order valence-electron chi connectivity index (χ2n) is 5.22. The van der Waals surface area contributed by atoms with E-state index in [4.69, 9.17) is 4.52 Å². The monoisotopic (exact) mass is 313 g/mol. The van der Waals surface area contributed by atoms with Crippen LogP contribution in [0, 0.1) is 0 Å². The van der Waals surface area contributed by atoms with Gasteiger partial charge in [0.25, 0.3) is 0 Å². The summed E-state index contributed by atoms with van der Waals surface area (Å²) in [4.78, 5) is 6.17. The molecule has 4 nitrogen and oxygen atoms in total. The van der Waals surface area contributed by atoms with Crippen molar-refractivity contribution in [3.8, 4) is 0 Å². The van der Waals surface area contributed by atoms with Crippen LogP contribution in [0.5, 0.6) is 0 Å². The van der Waals surface area contributed by atoms with Crippen molar-refractivity contribution in [2.45, 2.75) is 39.0 Å². The summed E-state index contributed by atoms with van der Waals surface area (Å²) in [5, 5.41) is 3.87. The SMILES string of the molecule is CCCc1noc(CN(C)Cc2ccc(C(F)(F)F)cc2)n1. The third-order valence-corrected chi connectivity index (χ3v) is 3.12. The molecule has 120 valence electrons. The van der Waals surface area contributed by atoms with Crippen molar-refractivity contribution in [2.75, 3.05) is 7.05 Å². The summed E-state index contributed by atoms with van der Waals surface area (Å²) in [5.74, 6) is 1.19. The van der Waals surface area contributed by atoms with Crippen LogP contribution in [0.1, 0.15) is 36.2 Å². The fourth-order valence-electron chi connectivity index (χ4n) is 2.08. The smallest absolute Gasteiger partial charge is 0.338 e. The molecule has 0 aliphatic carbocycles. The van der Waals surface area contributed by atoms with E-state index in [0.29, 0.717) is 24.8 Å². The summed E-state index contributed by atoms with van der Waals surface area (Å²) in [6.07, 6.45) is -2.59. The van der Waals surface area contributed by atoms with E-state index < -0.39 is 11.7 Å². The standard InChI is InChI=1S/C15H18F3N3O/c1-3-4-13-19-14(22-20-13)10-21(2)9-11-5-7-12(8-6-11)15(16,17)18/h5-8H,3-4,9-10H2,1-2H3. The fraction of sp³-hybridized carbons (Fsp3) is 0.467. The number of rotatable bonds is 6. The number of halogens is 3. The summed E-state index contributed by atoms with van der Waals surface area (Å²) >= 11 is 0. The molecule has 1 aromatic carbocycles. The third kappa shape index (κ3) is 4.56. The van der Waals surface area contributed by atoms with Crippen LogP contribution >= 0.6 is 0 Å². The molecule has 0 spiro atoms. The lowest BCUT2D eigenvalue weighted by Gasteiger charge is -2.14. The average Bonchev–Trinajstić information content (AvgIpc) is 2.86. The Balaban J connectivity index is 1.92. The van der Waals surface area contributed by atoms with Crippen LogP contribution in [-0.4, -0.2) is 22.1 Å². The molecule has 7 heteroatoms. The number of benzene rings is 1. The van der Waals surface area contributed by atoms with E-state index in [1.807, 2.05) is 18.9 Å². The highest BCUT2D eigenvalue weighted by atomic mass is 19.4. The minimum absolute atomic E-state index is 0.456. The van der Waals surface area contributed by atoms with Gasteiger partial charge in [0.05, 0.1) is 12.1 Å². The largest absolute Gasteiger partial charge is 0.416 e. The topological polar surface area (TPSA) is 42.2 Å². The van der Waals surface area contributed by atoms with Crippen LogP contribution in [0.3, 0.4) is 0 Å². The van der Waals surface area contributed by atoms with Crippen LogP contribution in [0.4, 0.5) is 13.2 Å². The van der Waals surface area contributed by atoms with Gasteiger partial charge in [0.1, 0.15) is 0 Å². The summed E-state index contributed by atoms with van der Waals surface area (Å²) in [5.41, 5.74) is 0.156. The minimum Gasteiger partial charge on any atom is -0.338 e. The lowest BCUT2D eigenvalue weighted by Crippen LogP contribution is -2.17. The van der Waals surface area contributed by atoms with Crippen molar-refractivity contribution < 1.29 is 17.7 Å². The molecule has 0 fully saturated rings. The Bertz CT molecular complexity index is 593. The van der Waals surface area contributed by atoms with E-state index in [1.165, 1.54) is 12.1 Å². The van der Waals surface area contributed by atoms with Gasteiger partial charge in [0.15, 0.2) is 5.82 Å². The average molecular weight is 313 g/mol. The number of nitrogens with zero attached hydrogens (tertiary/aromatic N) is 3. The predicted octanol–water partition coefficient (Wildman–Crippen LogP) is 3.67. The maximum atomic E-state index is 12.5. The number of aromatic nitrogens is 2. The summed E-state index contributed by atoms with van der Waals surface area (Å²) in [7, 11) is 1.85. The highest BCUT2D eigenvalue weighted by Crippen LogP contribution is 2.29. The Morgan fingerprint density at radius 1 is 1.14 bits per heavy atom. The molecule has 0 aliphatic rings. The van der Waals surface area contributed by atoms with E-state index in [-0.39, 0.29) is 0 Å². The molecule has 0 radical (unpaired) electrons. The van der Waals surface area contributed by atoms with E-state index in [2.05, 4.69) is 10.1 Å². The molecule has 1 aromatic heterocycles. The molecule has 0 saturated heterocycles. The molecule has 2 aromatic rings. The van der Waals surface area contributed by atoms with Gasteiger partial charge in [-0.2, -0.15) is 18.2 Å². The van der Waals surface area contributed by atoms with Gasteiger partial charge in [-0.05, 0) is 31.2 Å². The van der Waals surface area contributed by atoms with Crippen molar-refractivity contribution in [3.05, 3.63) is 47.1 Å². The van der Waals surface area contributed by atoms with Gasteiger partial charge in [0.2, 0.25) is 5.89 Å². The highest BCUT2D eigenvalue weighted by Gasteiger charge is 2.29. The Labute approximate surface area is 126 Å². The molecule has 0 aliphatic heterocycles. The molecule has 0 bridgehead atoms. The van der Waals surface area contributed by atoms with Crippen LogP contribution in [-0.2, 0) is 25.7 Å². The quantitative estimate of drug-likeness (QED) is 0.816. The molecular weight excluding hydrogens is 295 g/mol. The molecule has 0 N–H and O–H groups in total. The van der Waals surface area contributed by atoms with E-state index in [0.717, 1.165) is 30.5 Å². The van der Waals surface area contributed by atoms with Crippen LogP contribution in [0.15, 0.2) is 28.8 Å². The van der Waals surface area contributed by atoms with E-state index in [1.54, 1.807) is 0 Å². The fourth-order valence-corrected chi connectivity index (χ4v) is 2.08. The third-order valence-electron chi connectivity index (χ3n) is 3.12. The number of hydrogen-bond donors (Lipinski definition) is 0. The Morgan fingerprint density at radius 2 is 1.82 bits per heavy atom. The lowest BCUT2D eigenvalue weighted by molar-refractivity contribution is -0.137. The predicted molar refractivity (Wildman–Crippen MR) is 74.9 cm³/mol. The summed E-state index contributed by atoms with van der Waals surface area (Å²) in [6.45, 7) is 2.99. The van der Waals surface area contributed by atoms with Gasteiger partial charge in [-0.15, -0.1) is 0 Å². The molecule has 22 heavy (non-hydrogen) atoms. The summed E-state index contributed by atoms with van der Waals surface area (Å²) < 4.78 is 42.6. The van der Waals surface area contributed by atoms with Crippen LogP contribution < -0.4 is 0 Å². The van der Waals surface area contributed by atoms with Gasteiger partial charge in [-0.3, -0.25) is 4.90 Å². The molecule has 1 heterocycles. The number of aryl methyl sites for hydroxylation is 1. The zero-order valence-electron chi connectivity index (χ0n) is 12.5. The molecule has 0 atom stereocenters. The molecule has 0 amide bonds. The first-order valence-electron chi connectivity index (χ1n) is 7.04. The van der Waals surface area contributed by atoms with Gasteiger partial charge < -0.3 is 4.52 Å². The van der Waals surface area contributed by atoms with Crippen LogP contribution in [0.2, 0.25) is 0 Å². The number of alkyl halides is 3. The summed E-state index contributed by atoms with van der Waals surface area (Å²) in [6, 6.07) is 5.15. The van der Waals surface area contributed by atoms with Gasteiger partial charge in [-0.25, -0.2) is 0 Å². The maximum absolute atomic E-state index is 12.5. The zero-order valence-corrected chi connectivity index (χ0v) is 12.5. The van der Waals surface area contributed by atoms with Crippen molar-refractivity contribution in [3.63, 3.8) is 0 Å². The highest BCUT2D eigenvalue weighted by molar-refractivity contribution is 5.24. The van der Waals surface area contributed by atoms with Crippen molar-refractivity contribution >= 4 is 0 Å². The first-order valence-corrected chi connectivity index (χ1v) is 7.04. The first-order chi connectivity index (χ1) is 10.4. The van der Waals surface area contributed by atoms with Gasteiger partial charge in [0, 0.05) is 13.0 Å². The lowest BCUT2D eigenvalue weighted by atomic mass is 10.1. The second-order valence-corrected chi connectivity index (χ2v) is 5.22. The van der Waals surface area contributed by atoms with Crippen LogP contribution in [0.25, 0.3) is 0 Å². The maximum Gasteiger partial charge on any atom is 0.416 e. The molecular formula is C15H18F3N3O. The normalized spacial score (nSPS) is 12.1. The van der Waals surface area contributed by atoms with E-state index in [9.17, 15) is 13.2 Å². The van der Waals surface area contributed by atoms with E-state index >= 15 is 0 Å². The molecule has 0 saturated carbocycles. The zero-order chi connectivity index (χ0) is 16.2. The number of hydrogen-bond acceptors (Lipinski definition) is 4. The Morgan fingerprint density at radius 3 is 2.41 bits per heavy atom. The van der Waals surface area contributed by atoms with Crippen molar-refractivity contribution in [1.29, 1.82) is 0 Å². The molecule has 2 rings (SSSR count). The Hall–Kier alpha value is -1.89. The second kappa shape index (κ2) is 6.91. The van der Waals surface area contributed by atoms with Crippen molar-refractivity contribution in [1.82, 2.24) is 15.0 Å². The molecule has 0 unspecified atom stereocenters. The van der Waals surface area contributed by atoms with Gasteiger partial charge >= 0.3 is 6.18 Å². The van der Waals surface area contributed by atoms with Crippen molar-refractivity contribution in [2.24, 2.45) is 0 Å². The minimum atomic E-state index is -4.30. The van der Waals surface area contributed by atoms with Gasteiger partial charge in [-0.1, -0.05) is 24.2 Å².